The Hall–Kier alpha value is -2.96. The van der Waals surface area contributed by atoms with Gasteiger partial charge in [0.05, 0.1) is 12.4 Å². The molecular weight excluding hydrogens is 395 g/mol. The Morgan fingerprint density at radius 2 is 1.94 bits per heavy atom. The van der Waals surface area contributed by atoms with Crippen molar-refractivity contribution in [3.63, 3.8) is 0 Å². The number of aromatic amines is 1. The number of fused-ring (bicyclic) bond motifs is 1. The maximum atomic E-state index is 13.0. The number of amides is 1. The van der Waals surface area contributed by atoms with Gasteiger partial charge in [0.25, 0.3) is 11.5 Å². The van der Waals surface area contributed by atoms with E-state index in [-0.39, 0.29) is 23.4 Å². The summed E-state index contributed by atoms with van der Waals surface area (Å²) in [6, 6.07) is 9.63. The predicted octanol–water partition coefficient (Wildman–Crippen LogP) is 4.17. The molecule has 0 spiro atoms. The molecule has 162 valence electrons. The third-order valence-electron chi connectivity index (χ3n) is 7.08. The van der Waals surface area contributed by atoms with Gasteiger partial charge in [-0.2, -0.15) is 0 Å². The fourth-order valence-electron chi connectivity index (χ4n) is 4.94. The average Bonchev–Trinajstić information content (AvgIpc) is 3.24. The van der Waals surface area contributed by atoms with E-state index in [0.717, 1.165) is 5.56 Å². The van der Waals surface area contributed by atoms with E-state index >= 15 is 0 Å². The molecule has 6 nitrogen and oxygen atoms in total. The van der Waals surface area contributed by atoms with Gasteiger partial charge in [0.15, 0.2) is 5.65 Å². The molecule has 1 aliphatic heterocycles. The molecule has 1 amide bonds. The van der Waals surface area contributed by atoms with Crippen molar-refractivity contribution in [2.75, 3.05) is 13.2 Å². The van der Waals surface area contributed by atoms with Crippen LogP contribution in [-0.2, 0) is 0 Å². The fourth-order valence-corrected chi connectivity index (χ4v) is 4.94. The molecule has 5 rings (SSSR count). The molecule has 1 N–H and O–H groups in total. The summed E-state index contributed by atoms with van der Waals surface area (Å²) in [5.74, 6) is 0.264. The van der Waals surface area contributed by atoms with Crippen LogP contribution in [0.5, 0.6) is 0 Å². The van der Waals surface area contributed by atoms with Crippen LogP contribution in [0.15, 0.2) is 41.3 Å². The van der Waals surface area contributed by atoms with Gasteiger partial charge in [0.2, 0.25) is 0 Å². The monoisotopic (exact) mass is 422 g/mol. The second kappa shape index (κ2) is 7.94. The van der Waals surface area contributed by atoms with Gasteiger partial charge in [-0.15, -0.1) is 0 Å². The number of halogens is 1. The van der Waals surface area contributed by atoms with E-state index < -0.39 is 6.67 Å². The molecule has 3 aromatic rings. The summed E-state index contributed by atoms with van der Waals surface area (Å²) in [6.07, 6.45) is 7.87. The highest BCUT2D eigenvalue weighted by atomic mass is 19.1. The van der Waals surface area contributed by atoms with Crippen molar-refractivity contribution < 1.29 is 9.18 Å². The van der Waals surface area contributed by atoms with Crippen LogP contribution >= 0.6 is 0 Å². The maximum Gasteiger partial charge on any atom is 0.273 e. The van der Waals surface area contributed by atoms with Crippen molar-refractivity contribution in [2.45, 2.75) is 51.0 Å². The molecule has 2 aliphatic rings. The van der Waals surface area contributed by atoms with Gasteiger partial charge >= 0.3 is 0 Å². The van der Waals surface area contributed by atoms with E-state index in [0.29, 0.717) is 29.4 Å². The van der Waals surface area contributed by atoms with Gasteiger partial charge in [-0.1, -0.05) is 43.5 Å². The van der Waals surface area contributed by atoms with Gasteiger partial charge in [0, 0.05) is 36.3 Å². The van der Waals surface area contributed by atoms with Gasteiger partial charge < -0.3 is 4.90 Å². The molecule has 31 heavy (non-hydrogen) atoms. The lowest BCUT2D eigenvalue weighted by molar-refractivity contribution is 0.0141. The van der Waals surface area contributed by atoms with Crippen LogP contribution in [0.3, 0.4) is 0 Å². The average molecular weight is 423 g/mol. The Balaban J connectivity index is 1.46. The molecule has 2 aromatic heterocycles. The first kappa shape index (κ1) is 20.0. The zero-order valence-corrected chi connectivity index (χ0v) is 17.7. The second-order valence-electron chi connectivity index (χ2n) is 8.90. The number of carbonyl (C=O) groups is 1. The van der Waals surface area contributed by atoms with E-state index in [1.165, 1.54) is 54.4 Å². The van der Waals surface area contributed by atoms with Crippen LogP contribution in [0.1, 0.15) is 60.9 Å². The number of H-pyrrole nitrogens is 1. The third kappa shape index (κ3) is 3.46. The third-order valence-corrected chi connectivity index (χ3v) is 7.08. The Labute approximate surface area is 180 Å². The van der Waals surface area contributed by atoms with E-state index in [1.54, 1.807) is 4.90 Å². The largest absolute Gasteiger partial charge is 0.335 e. The minimum absolute atomic E-state index is 0.122. The predicted molar refractivity (Wildman–Crippen MR) is 117 cm³/mol. The number of carbonyl (C=O) groups excluding carboxylic acids is 1. The van der Waals surface area contributed by atoms with Crippen molar-refractivity contribution >= 4 is 11.6 Å². The standard InChI is InChI=1S/C24H27FN4O2/c1-15-19(12-25)14-28(15)24(31)20-13-26-29-22(30)11-21(27-23(20)29)18-9-7-17(8-10-18)16-5-3-2-4-6-16/h7-11,13,15-16,19,26H,2-6,12,14H2,1H3. The Bertz CT molecular complexity index is 1160. The fraction of sp³-hybridized carbons (Fsp3) is 0.458. The summed E-state index contributed by atoms with van der Waals surface area (Å²) in [7, 11) is 0. The lowest BCUT2D eigenvalue weighted by Gasteiger charge is -2.45. The summed E-state index contributed by atoms with van der Waals surface area (Å²) >= 11 is 0. The highest BCUT2D eigenvalue weighted by Crippen LogP contribution is 2.33. The van der Waals surface area contributed by atoms with Gasteiger partial charge in [-0.3, -0.25) is 19.1 Å². The smallest absolute Gasteiger partial charge is 0.273 e. The quantitative estimate of drug-likeness (QED) is 0.686. The lowest BCUT2D eigenvalue weighted by atomic mass is 9.84. The number of aromatic nitrogens is 3. The molecule has 2 atom stereocenters. The number of rotatable bonds is 4. The molecule has 1 aromatic carbocycles. The molecule has 7 heteroatoms. The molecule has 2 unspecified atom stereocenters. The molecule has 2 fully saturated rings. The van der Waals surface area contributed by atoms with E-state index in [9.17, 15) is 14.0 Å². The first-order valence-electron chi connectivity index (χ1n) is 11.1. The van der Waals surface area contributed by atoms with Gasteiger partial charge in [0.1, 0.15) is 5.56 Å². The number of nitrogens with one attached hydrogen (secondary N) is 1. The summed E-state index contributed by atoms with van der Waals surface area (Å²) in [5.41, 5.74) is 3.11. The van der Waals surface area contributed by atoms with E-state index in [2.05, 4.69) is 22.2 Å². The lowest BCUT2D eigenvalue weighted by Crippen LogP contribution is -2.57. The second-order valence-corrected chi connectivity index (χ2v) is 8.90. The number of likely N-dealkylation sites (tertiary alicyclic amines) is 1. The van der Waals surface area contributed by atoms with E-state index in [4.69, 9.17) is 0 Å². The Kier molecular flexibility index (Phi) is 5.12. The summed E-state index contributed by atoms with van der Waals surface area (Å²) in [6.45, 7) is 1.80. The zero-order chi connectivity index (χ0) is 21.5. The number of nitrogens with zero attached hydrogens (tertiary/aromatic N) is 3. The Morgan fingerprint density at radius 1 is 1.19 bits per heavy atom. The van der Waals surface area contributed by atoms with Crippen molar-refractivity contribution in [3.8, 4) is 11.3 Å². The maximum absolute atomic E-state index is 13.0. The molecular formula is C24H27FN4O2. The highest BCUT2D eigenvalue weighted by Gasteiger charge is 2.39. The molecule has 0 radical (unpaired) electrons. The summed E-state index contributed by atoms with van der Waals surface area (Å²) in [4.78, 5) is 31.9. The summed E-state index contributed by atoms with van der Waals surface area (Å²) in [5, 5.41) is 2.83. The number of hydrogen-bond acceptors (Lipinski definition) is 3. The zero-order valence-electron chi connectivity index (χ0n) is 17.7. The molecule has 1 aliphatic carbocycles. The van der Waals surface area contributed by atoms with Crippen LogP contribution < -0.4 is 5.56 Å². The topological polar surface area (TPSA) is 70.5 Å². The van der Waals surface area contributed by atoms with Crippen molar-refractivity contribution in [1.29, 1.82) is 0 Å². The number of hydrogen-bond donors (Lipinski definition) is 1. The van der Waals surface area contributed by atoms with Crippen molar-refractivity contribution in [2.24, 2.45) is 5.92 Å². The van der Waals surface area contributed by atoms with Crippen LogP contribution in [0.4, 0.5) is 4.39 Å². The molecule has 3 heterocycles. The molecule has 1 saturated carbocycles. The SMILES string of the molecule is CC1C(CF)CN1C(=O)c1c[nH]n2c(=O)cc(-c3ccc(C4CCCCC4)cc3)nc12. The van der Waals surface area contributed by atoms with Gasteiger partial charge in [-0.05, 0) is 31.2 Å². The number of benzene rings is 1. The van der Waals surface area contributed by atoms with Crippen LogP contribution in [0.2, 0.25) is 0 Å². The first-order valence-corrected chi connectivity index (χ1v) is 11.1. The minimum atomic E-state index is -0.433. The Morgan fingerprint density at radius 3 is 2.61 bits per heavy atom. The van der Waals surface area contributed by atoms with Crippen molar-refractivity contribution in [1.82, 2.24) is 19.5 Å². The van der Waals surface area contributed by atoms with E-state index in [1.807, 2.05) is 19.1 Å². The molecule has 0 bridgehead atoms. The molecule has 1 saturated heterocycles. The van der Waals surface area contributed by atoms with Crippen molar-refractivity contribution in [3.05, 3.63) is 58.0 Å². The minimum Gasteiger partial charge on any atom is -0.335 e. The van der Waals surface area contributed by atoms with Crippen LogP contribution in [0.25, 0.3) is 16.9 Å². The first-order chi connectivity index (χ1) is 15.1. The normalized spacial score (nSPS) is 21.9. The van der Waals surface area contributed by atoms with Gasteiger partial charge in [-0.25, -0.2) is 9.50 Å². The van der Waals surface area contributed by atoms with Crippen LogP contribution in [-0.4, -0.2) is 44.7 Å². The number of alkyl halides is 1. The van der Waals surface area contributed by atoms with Crippen LogP contribution in [0, 0.1) is 5.92 Å². The summed E-state index contributed by atoms with van der Waals surface area (Å²) < 4.78 is 14.2. The highest BCUT2D eigenvalue weighted by molar-refractivity contribution is 6.00.